The molecule has 0 aromatic heterocycles. The summed E-state index contributed by atoms with van der Waals surface area (Å²) in [5.41, 5.74) is 1.05. The maximum atomic E-state index is 10.1. The van der Waals surface area contributed by atoms with Gasteiger partial charge in [0.2, 0.25) is 0 Å². The molecular weight excluding hydrogens is 224 g/mol. The lowest BCUT2D eigenvalue weighted by Gasteiger charge is -2.45. The molecule has 1 aromatic carbocycles. The van der Waals surface area contributed by atoms with Gasteiger partial charge in [0.1, 0.15) is 0 Å². The third kappa shape index (κ3) is 2.58. The highest BCUT2D eigenvalue weighted by Gasteiger charge is 2.37. The van der Waals surface area contributed by atoms with Gasteiger partial charge >= 0.3 is 0 Å². The number of nitrogens with zero attached hydrogens (tertiary/aromatic N) is 1. The number of piperazine rings is 1. The molecule has 100 valence electrons. The molecule has 0 amide bonds. The number of aliphatic hydroxyl groups excluding tert-OH is 1. The predicted octanol–water partition coefficient (Wildman–Crippen LogP) is 1.58. The van der Waals surface area contributed by atoms with Crippen molar-refractivity contribution >= 4 is 0 Å². The van der Waals surface area contributed by atoms with Crippen LogP contribution in [0.1, 0.15) is 25.3 Å². The topological polar surface area (TPSA) is 35.5 Å². The molecule has 0 radical (unpaired) electrons. The van der Waals surface area contributed by atoms with Crippen LogP contribution in [0.3, 0.4) is 0 Å². The fraction of sp³-hybridized carbons (Fsp3) is 0.600. The van der Waals surface area contributed by atoms with Crippen LogP contribution in [0.25, 0.3) is 0 Å². The standard InChI is InChI=1S/C15H24N2O/c1-2-8-15(13-18,14-6-4-3-5-7-14)17-11-9-16-10-12-17/h3-7,16,18H,2,8-13H2,1H3. The highest BCUT2D eigenvalue weighted by molar-refractivity contribution is 5.25. The molecule has 0 spiro atoms. The molecular formula is C15H24N2O. The maximum absolute atomic E-state index is 10.1. The fourth-order valence-corrected chi connectivity index (χ4v) is 3.01. The van der Waals surface area contributed by atoms with Crippen LogP contribution in [0.2, 0.25) is 0 Å². The van der Waals surface area contributed by atoms with Gasteiger partial charge in [0.05, 0.1) is 12.1 Å². The van der Waals surface area contributed by atoms with Crippen molar-refractivity contribution in [2.45, 2.75) is 25.3 Å². The minimum absolute atomic E-state index is 0.196. The van der Waals surface area contributed by atoms with Crippen LogP contribution in [-0.2, 0) is 5.54 Å². The van der Waals surface area contributed by atoms with E-state index in [1.165, 1.54) is 5.56 Å². The van der Waals surface area contributed by atoms with Crippen molar-refractivity contribution in [3.8, 4) is 0 Å². The zero-order chi connectivity index (χ0) is 12.8. The zero-order valence-corrected chi connectivity index (χ0v) is 11.2. The van der Waals surface area contributed by atoms with Crippen molar-refractivity contribution < 1.29 is 5.11 Å². The van der Waals surface area contributed by atoms with Crippen molar-refractivity contribution in [2.24, 2.45) is 0 Å². The van der Waals surface area contributed by atoms with Gasteiger partial charge in [0.15, 0.2) is 0 Å². The average molecular weight is 248 g/mol. The van der Waals surface area contributed by atoms with Crippen molar-refractivity contribution in [3.05, 3.63) is 35.9 Å². The molecule has 3 heteroatoms. The lowest BCUT2D eigenvalue weighted by molar-refractivity contribution is 0.00963. The van der Waals surface area contributed by atoms with Gasteiger partial charge in [0.25, 0.3) is 0 Å². The normalized spacial score (nSPS) is 20.6. The van der Waals surface area contributed by atoms with Crippen LogP contribution in [0.15, 0.2) is 30.3 Å². The van der Waals surface area contributed by atoms with E-state index in [0.717, 1.165) is 39.0 Å². The average Bonchev–Trinajstić information content (AvgIpc) is 2.47. The van der Waals surface area contributed by atoms with Crippen molar-refractivity contribution in [3.63, 3.8) is 0 Å². The molecule has 1 aliphatic rings. The third-order valence-electron chi connectivity index (χ3n) is 3.96. The number of aliphatic hydroxyl groups is 1. The molecule has 18 heavy (non-hydrogen) atoms. The Bertz CT molecular complexity index is 349. The van der Waals surface area contributed by atoms with Crippen LogP contribution in [0, 0.1) is 0 Å². The highest BCUT2D eigenvalue weighted by atomic mass is 16.3. The summed E-state index contributed by atoms with van der Waals surface area (Å²) in [5, 5.41) is 13.4. The molecule has 1 saturated heterocycles. The van der Waals surface area contributed by atoms with E-state index in [9.17, 15) is 5.11 Å². The van der Waals surface area contributed by atoms with Crippen LogP contribution < -0.4 is 5.32 Å². The van der Waals surface area contributed by atoms with Crippen LogP contribution >= 0.6 is 0 Å². The Morgan fingerprint density at radius 1 is 1.22 bits per heavy atom. The van der Waals surface area contributed by atoms with E-state index in [2.05, 4.69) is 41.4 Å². The molecule has 1 fully saturated rings. The summed E-state index contributed by atoms with van der Waals surface area (Å²) in [6.07, 6.45) is 2.09. The lowest BCUT2D eigenvalue weighted by atomic mass is 9.84. The first kappa shape index (κ1) is 13.5. The Morgan fingerprint density at radius 2 is 1.89 bits per heavy atom. The second kappa shape index (κ2) is 6.32. The quantitative estimate of drug-likeness (QED) is 0.830. The molecule has 2 N–H and O–H groups in total. The van der Waals surface area contributed by atoms with Gasteiger partial charge in [-0.1, -0.05) is 43.7 Å². The molecule has 0 bridgehead atoms. The van der Waals surface area contributed by atoms with Gasteiger partial charge in [-0.25, -0.2) is 0 Å². The first-order valence-electron chi connectivity index (χ1n) is 6.95. The number of hydrogen-bond acceptors (Lipinski definition) is 3. The van der Waals surface area contributed by atoms with E-state index in [0.29, 0.717) is 0 Å². The molecule has 3 nitrogen and oxygen atoms in total. The summed E-state index contributed by atoms with van der Waals surface area (Å²) < 4.78 is 0. The monoisotopic (exact) mass is 248 g/mol. The van der Waals surface area contributed by atoms with Crippen molar-refractivity contribution in [2.75, 3.05) is 32.8 Å². The number of hydrogen-bond donors (Lipinski definition) is 2. The van der Waals surface area contributed by atoms with E-state index in [4.69, 9.17) is 0 Å². The van der Waals surface area contributed by atoms with Crippen LogP contribution in [0.5, 0.6) is 0 Å². The van der Waals surface area contributed by atoms with Gasteiger partial charge in [-0.2, -0.15) is 0 Å². The van der Waals surface area contributed by atoms with E-state index in [1.54, 1.807) is 0 Å². The van der Waals surface area contributed by atoms with Gasteiger partial charge < -0.3 is 10.4 Å². The second-order valence-corrected chi connectivity index (χ2v) is 5.04. The first-order valence-corrected chi connectivity index (χ1v) is 6.95. The van der Waals surface area contributed by atoms with Gasteiger partial charge in [-0.05, 0) is 12.0 Å². The minimum atomic E-state index is -0.196. The number of benzene rings is 1. The van der Waals surface area contributed by atoms with E-state index in [-0.39, 0.29) is 12.1 Å². The first-order chi connectivity index (χ1) is 8.83. The Morgan fingerprint density at radius 3 is 2.44 bits per heavy atom. The molecule has 2 rings (SSSR count). The fourth-order valence-electron chi connectivity index (χ4n) is 3.01. The maximum Gasteiger partial charge on any atom is 0.0694 e. The summed E-state index contributed by atoms with van der Waals surface area (Å²) in [6.45, 7) is 6.43. The summed E-state index contributed by atoms with van der Waals surface area (Å²) in [7, 11) is 0. The van der Waals surface area contributed by atoms with Crippen molar-refractivity contribution in [1.29, 1.82) is 0 Å². The number of rotatable bonds is 5. The molecule has 1 heterocycles. The van der Waals surface area contributed by atoms with Crippen LogP contribution in [-0.4, -0.2) is 42.8 Å². The van der Waals surface area contributed by atoms with E-state index in [1.807, 2.05) is 6.07 Å². The van der Waals surface area contributed by atoms with E-state index < -0.39 is 0 Å². The van der Waals surface area contributed by atoms with Gasteiger partial charge in [-0.15, -0.1) is 0 Å². The summed E-state index contributed by atoms with van der Waals surface area (Å²) in [4.78, 5) is 2.45. The smallest absolute Gasteiger partial charge is 0.0694 e. The minimum Gasteiger partial charge on any atom is -0.394 e. The molecule has 1 atom stereocenters. The molecule has 1 aromatic rings. The summed E-state index contributed by atoms with van der Waals surface area (Å²) in [5.74, 6) is 0. The van der Waals surface area contributed by atoms with Crippen LogP contribution in [0.4, 0.5) is 0 Å². The van der Waals surface area contributed by atoms with E-state index >= 15 is 0 Å². The molecule has 1 unspecified atom stereocenters. The largest absolute Gasteiger partial charge is 0.394 e. The SMILES string of the molecule is CCCC(CO)(c1ccccc1)N1CCNCC1. The van der Waals surface area contributed by atoms with Gasteiger partial charge in [-0.3, -0.25) is 4.90 Å². The van der Waals surface area contributed by atoms with Gasteiger partial charge in [0, 0.05) is 26.2 Å². The number of nitrogens with one attached hydrogen (secondary N) is 1. The summed E-state index contributed by atoms with van der Waals surface area (Å²) in [6, 6.07) is 10.5. The highest BCUT2D eigenvalue weighted by Crippen LogP contribution is 2.33. The Kier molecular flexibility index (Phi) is 4.75. The molecule has 0 aliphatic carbocycles. The molecule has 0 saturated carbocycles. The second-order valence-electron chi connectivity index (χ2n) is 5.04. The zero-order valence-electron chi connectivity index (χ0n) is 11.2. The molecule has 1 aliphatic heterocycles. The van der Waals surface area contributed by atoms with Crippen molar-refractivity contribution in [1.82, 2.24) is 10.2 Å². The Balaban J connectivity index is 2.32. The Hall–Kier alpha value is -0.900. The Labute approximate surface area is 110 Å². The predicted molar refractivity (Wildman–Crippen MR) is 74.6 cm³/mol. The summed E-state index contributed by atoms with van der Waals surface area (Å²) >= 11 is 0. The third-order valence-corrected chi connectivity index (χ3v) is 3.96. The lowest BCUT2D eigenvalue weighted by Crippen LogP contribution is -2.56.